The van der Waals surface area contributed by atoms with Gasteiger partial charge in [0.2, 0.25) is 0 Å². The number of carbonyl (C=O) groups is 1. The number of carboxylic acid groups (broad SMARTS) is 1. The van der Waals surface area contributed by atoms with Crippen LogP contribution >= 0.6 is 11.6 Å². The molecule has 0 aliphatic carbocycles. The summed E-state index contributed by atoms with van der Waals surface area (Å²) in [5.41, 5.74) is 1.62. The molecule has 1 heterocycles. The summed E-state index contributed by atoms with van der Waals surface area (Å²) in [6.07, 6.45) is 0. The van der Waals surface area contributed by atoms with Crippen LogP contribution in [-0.4, -0.2) is 28.2 Å². The van der Waals surface area contributed by atoms with E-state index in [4.69, 9.17) is 16.1 Å². The molecule has 0 fully saturated rings. The zero-order valence-electron chi connectivity index (χ0n) is 11.3. The van der Waals surface area contributed by atoms with Crippen LogP contribution in [0.5, 0.6) is 0 Å². The van der Waals surface area contributed by atoms with Crippen LogP contribution in [0.25, 0.3) is 0 Å². The zero-order valence-corrected chi connectivity index (χ0v) is 12.0. The molecule has 1 N–H and O–H groups in total. The second kappa shape index (κ2) is 6.07. The number of benzene rings is 1. The lowest BCUT2D eigenvalue weighted by Crippen LogP contribution is -2.19. The number of hydrogen-bond acceptors (Lipinski definition) is 4. The van der Waals surface area contributed by atoms with Gasteiger partial charge in [-0.15, -0.1) is 0 Å². The fraction of sp³-hybridized carbons (Fsp3) is 0.286. The van der Waals surface area contributed by atoms with Gasteiger partial charge in [-0.05, 0) is 31.7 Å². The van der Waals surface area contributed by atoms with Crippen LogP contribution in [0.1, 0.15) is 27.4 Å². The first-order valence-corrected chi connectivity index (χ1v) is 6.46. The highest BCUT2D eigenvalue weighted by Crippen LogP contribution is 2.22. The van der Waals surface area contributed by atoms with Crippen molar-refractivity contribution in [1.29, 1.82) is 0 Å². The average molecular weight is 295 g/mol. The van der Waals surface area contributed by atoms with E-state index in [2.05, 4.69) is 5.16 Å². The lowest BCUT2D eigenvalue weighted by atomic mass is 10.1. The maximum Gasteiger partial charge on any atom is 0.336 e. The summed E-state index contributed by atoms with van der Waals surface area (Å²) < 4.78 is 5.00. The van der Waals surface area contributed by atoms with Crippen molar-refractivity contribution in [1.82, 2.24) is 10.1 Å². The van der Waals surface area contributed by atoms with Gasteiger partial charge in [0.15, 0.2) is 0 Å². The number of aromatic nitrogens is 1. The van der Waals surface area contributed by atoms with Gasteiger partial charge in [0.05, 0.1) is 11.3 Å². The second-order valence-corrected chi connectivity index (χ2v) is 5.08. The Kier molecular flexibility index (Phi) is 4.42. The predicted molar refractivity (Wildman–Crippen MR) is 74.8 cm³/mol. The number of hydrogen-bond donors (Lipinski definition) is 1. The maximum absolute atomic E-state index is 11.2. The summed E-state index contributed by atoms with van der Waals surface area (Å²) >= 11 is 6.10. The Labute approximate surface area is 121 Å². The summed E-state index contributed by atoms with van der Waals surface area (Å²) in [6, 6.07) is 6.73. The van der Waals surface area contributed by atoms with Gasteiger partial charge in [-0.2, -0.15) is 0 Å². The first kappa shape index (κ1) is 14.6. The molecule has 0 saturated heterocycles. The lowest BCUT2D eigenvalue weighted by Gasteiger charge is -2.17. The van der Waals surface area contributed by atoms with Crippen LogP contribution in [0.15, 0.2) is 28.8 Å². The number of aromatic carboxylic acids is 1. The SMILES string of the molecule is Cc1cc(CN(C)Cc2c(Cl)cccc2C(=O)O)no1. The van der Waals surface area contributed by atoms with Crippen molar-refractivity contribution in [3.05, 3.63) is 51.9 Å². The third kappa shape index (κ3) is 3.37. The lowest BCUT2D eigenvalue weighted by molar-refractivity contribution is 0.0694. The first-order valence-electron chi connectivity index (χ1n) is 6.09. The number of halogens is 1. The minimum Gasteiger partial charge on any atom is -0.478 e. The van der Waals surface area contributed by atoms with Crippen molar-refractivity contribution in [3.8, 4) is 0 Å². The Morgan fingerprint density at radius 2 is 2.20 bits per heavy atom. The third-order valence-corrected chi connectivity index (χ3v) is 3.24. The predicted octanol–water partition coefficient (Wildman–Crippen LogP) is 2.97. The van der Waals surface area contributed by atoms with Crippen LogP contribution in [-0.2, 0) is 13.1 Å². The molecule has 0 atom stereocenters. The van der Waals surface area contributed by atoms with Gasteiger partial charge in [-0.25, -0.2) is 4.79 Å². The molecule has 0 amide bonds. The molecule has 5 nitrogen and oxygen atoms in total. The van der Waals surface area contributed by atoms with E-state index < -0.39 is 5.97 Å². The Morgan fingerprint density at radius 3 is 2.80 bits per heavy atom. The van der Waals surface area contributed by atoms with Gasteiger partial charge in [0.25, 0.3) is 0 Å². The van der Waals surface area contributed by atoms with Crippen molar-refractivity contribution < 1.29 is 14.4 Å². The van der Waals surface area contributed by atoms with E-state index in [0.717, 1.165) is 11.5 Å². The van der Waals surface area contributed by atoms with Gasteiger partial charge in [-0.1, -0.05) is 22.8 Å². The molecule has 20 heavy (non-hydrogen) atoms. The van der Waals surface area contributed by atoms with Crippen LogP contribution in [0.3, 0.4) is 0 Å². The molecule has 0 unspecified atom stereocenters. The number of rotatable bonds is 5. The molecule has 0 spiro atoms. The molecule has 0 radical (unpaired) electrons. The van der Waals surface area contributed by atoms with E-state index in [1.165, 1.54) is 0 Å². The molecule has 6 heteroatoms. The van der Waals surface area contributed by atoms with Gasteiger partial charge >= 0.3 is 5.97 Å². The highest BCUT2D eigenvalue weighted by Gasteiger charge is 2.15. The maximum atomic E-state index is 11.2. The molecule has 0 bridgehead atoms. The molecule has 2 aromatic rings. The fourth-order valence-corrected chi connectivity index (χ4v) is 2.25. The van der Waals surface area contributed by atoms with E-state index >= 15 is 0 Å². The number of nitrogens with zero attached hydrogens (tertiary/aromatic N) is 2. The van der Waals surface area contributed by atoms with E-state index in [1.54, 1.807) is 18.2 Å². The van der Waals surface area contributed by atoms with Crippen LogP contribution in [0.4, 0.5) is 0 Å². The molecule has 0 saturated carbocycles. The summed E-state index contributed by atoms with van der Waals surface area (Å²) in [5.74, 6) is -0.231. The Hall–Kier alpha value is -1.85. The summed E-state index contributed by atoms with van der Waals surface area (Å²) in [4.78, 5) is 13.1. The van der Waals surface area contributed by atoms with Gasteiger partial charge < -0.3 is 9.63 Å². The van der Waals surface area contributed by atoms with Gasteiger partial charge in [-0.3, -0.25) is 4.90 Å². The molecular weight excluding hydrogens is 280 g/mol. The van der Waals surface area contributed by atoms with Crippen molar-refractivity contribution >= 4 is 17.6 Å². The van der Waals surface area contributed by atoms with E-state index in [-0.39, 0.29) is 5.56 Å². The molecular formula is C14H15ClN2O3. The largest absolute Gasteiger partial charge is 0.478 e. The smallest absolute Gasteiger partial charge is 0.336 e. The average Bonchev–Trinajstić information content (AvgIpc) is 2.77. The van der Waals surface area contributed by atoms with Crippen molar-refractivity contribution in [3.63, 3.8) is 0 Å². The first-order chi connectivity index (χ1) is 9.47. The monoisotopic (exact) mass is 294 g/mol. The van der Waals surface area contributed by atoms with E-state index in [9.17, 15) is 9.90 Å². The summed E-state index contributed by atoms with van der Waals surface area (Å²) in [6.45, 7) is 2.81. The highest BCUT2D eigenvalue weighted by atomic mass is 35.5. The fourth-order valence-electron chi connectivity index (χ4n) is 2.01. The minimum absolute atomic E-state index is 0.223. The van der Waals surface area contributed by atoms with E-state index in [1.807, 2.05) is 24.9 Å². The quantitative estimate of drug-likeness (QED) is 0.918. The summed E-state index contributed by atoms with van der Waals surface area (Å²) in [5, 5.41) is 13.6. The molecule has 0 aliphatic rings. The molecule has 0 aliphatic heterocycles. The Morgan fingerprint density at radius 1 is 1.45 bits per heavy atom. The Balaban J connectivity index is 2.15. The number of carboxylic acids is 1. The minimum atomic E-state index is -0.979. The topological polar surface area (TPSA) is 66.6 Å². The molecule has 2 rings (SSSR count). The standard InChI is InChI=1S/C14H15ClN2O3/c1-9-6-10(16-20-9)7-17(2)8-12-11(14(18)19)4-3-5-13(12)15/h3-6H,7-8H2,1-2H3,(H,18,19). The third-order valence-electron chi connectivity index (χ3n) is 2.89. The van der Waals surface area contributed by atoms with Crippen molar-refractivity contribution in [2.24, 2.45) is 0 Å². The second-order valence-electron chi connectivity index (χ2n) is 4.67. The normalized spacial score (nSPS) is 11.0. The molecule has 1 aromatic heterocycles. The van der Waals surface area contributed by atoms with Gasteiger partial charge in [0, 0.05) is 24.2 Å². The van der Waals surface area contributed by atoms with Gasteiger partial charge in [0.1, 0.15) is 5.76 Å². The highest BCUT2D eigenvalue weighted by molar-refractivity contribution is 6.31. The molecule has 106 valence electrons. The summed E-state index contributed by atoms with van der Waals surface area (Å²) in [7, 11) is 1.87. The van der Waals surface area contributed by atoms with Crippen LogP contribution < -0.4 is 0 Å². The number of aryl methyl sites for hydroxylation is 1. The van der Waals surface area contributed by atoms with Crippen molar-refractivity contribution in [2.75, 3.05) is 7.05 Å². The van der Waals surface area contributed by atoms with Crippen LogP contribution in [0, 0.1) is 6.92 Å². The van der Waals surface area contributed by atoms with Crippen molar-refractivity contribution in [2.45, 2.75) is 20.0 Å². The molecule has 1 aromatic carbocycles. The van der Waals surface area contributed by atoms with E-state index in [0.29, 0.717) is 23.7 Å². The van der Waals surface area contributed by atoms with Crippen LogP contribution in [0.2, 0.25) is 5.02 Å². The zero-order chi connectivity index (χ0) is 14.7. The Bertz CT molecular complexity index is 625.